The van der Waals surface area contributed by atoms with Crippen LogP contribution in [-0.2, 0) is 6.54 Å². The Balaban J connectivity index is 1.83. The van der Waals surface area contributed by atoms with Crippen molar-refractivity contribution >= 4 is 5.69 Å². The molecular formula is C13H21N3. The summed E-state index contributed by atoms with van der Waals surface area (Å²) in [6.45, 7) is 6.48. The van der Waals surface area contributed by atoms with E-state index in [9.17, 15) is 0 Å². The first-order chi connectivity index (χ1) is 7.64. The van der Waals surface area contributed by atoms with Gasteiger partial charge in [-0.15, -0.1) is 0 Å². The van der Waals surface area contributed by atoms with Crippen molar-refractivity contribution in [2.75, 3.05) is 12.3 Å². The van der Waals surface area contributed by atoms with Crippen molar-refractivity contribution in [2.24, 2.45) is 11.3 Å². The predicted molar refractivity (Wildman–Crippen MR) is 66.9 cm³/mol. The van der Waals surface area contributed by atoms with Crippen LogP contribution in [0.5, 0.6) is 0 Å². The summed E-state index contributed by atoms with van der Waals surface area (Å²) in [5.74, 6) is 0.765. The van der Waals surface area contributed by atoms with Crippen LogP contribution in [0.1, 0.15) is 32.4 Å². The summed E-state index contributed by atoms with van der Waals surface area (Å²) in [5.41, 5.74) is 8.13. The summed E-state index contributed by atoms with van der Waals surface area (Å²) in [4.78, 5) is 4.28. The van der Waals surface area contributed by atoms with E-state index in [-0.39, 0.29) is 0 Å². The van der Waals surface area contributed by atoms with Crippen molar-refractivity contribution in [3.05, 3.63) is 24.0 Å². The lowest BCUT2D eigenvalue weighted by Crippen LogP contribution is -2.27. The Kier molecular flexibility index (Phi) is 3.15. The average molecular weight is 219 g/mol. The molecule has 3 nitrogen and oxygen atoms in total. The first-order valence-electron chi connectivity index (χ1n) is 6.04. The molecule has 0 saturated heterocycles. The van der Waals surface area contributed by atoms with Crippen molar-refractivity contribution in [1.82, 2.24) is 10.3 Å². The fourth-order valence-electron chi connectivity index (χ4n) is 2.15. The summed E-state index contributed by atoms with van der Waals surface area (Å²) < 4.78 is 0. The molecule has 1 aromatic rings. The van der Waals surface area contributed by atoms with Crippen LogP contribution in [0.15, 0.2) is 18.3 Å². The molecule has 0 spiro atoms. The Labute approximate surface area is 97.5 Å². The lowest BCUT2D eigenvalue weighted by Gasteiger charge is -2.20. The standard InChI is InChI=1S/C13H21N3/c1-10(2)13(5-6-13)9-15-8-12-11(14)4-3-7-16-12/h3-4,7,10,15H,5-6,8-9,14H2,1-2H3. The quantitative estimate of drug-likeness (QED) is 0.798. The highest BCUT2D eigenvalue weighted by Gasteiger charge is 2.44. The normalized spacial score (nSPS) is 17.7. The van der Waals surface area contributed by atoms with Crippen LogP contribution < -0.4 is 11.1 Å². The number of rotatable bonds is 5. The van der Waals surface area contributed by atoms with E-state index in [0.29, 0.717) is 5.41 Å². The van der Waals surface area contributed by atoms with Gasteiger partial charge < -0.3 is 11.1 Å². The van der Waals surface area contributed by atoms with Crippen LogP contribution in [0, 0.1) is 11.3 Å². The molecule has 0 amide bonds. The molecular weight excluding hydrogens is 198 g/mol. The monoisotopic (exact) mass is 219 g/mol. The Morgan fingerprint density at radius 1 is 1.50 bits per heavy atom. The van der Waals surface area contributed by atoms with E-state index in [4.69, 9.17) is 5.73 Å². The molecule has 1 fully saturated rings. The number of hydrogen-bond donors (Lipinski definition) is 2. The molecule has 0 aromatic carbocycles. The van der Waals surface area contributed by atoms with Gasteiger partial charge in [0.05, 0.1) is 11.4 Å². The van der Waals surface area contributed by atoms with Crippen LogP contribution in [0.4, 0.5) is 5.69 Å². The second kappa shape index (κ2) is 4.42. The SMILES string of the molecule is CC(C)C1(CNCc2ncccc2N)CC1. The van der Waals surface area contributed by atoms with Gasteiger partial charge in [-0.25, -0.2) is 0 Å². The van der Waals surface area contributed by atoms with Gasteiger partial charge in [0.2, 0.25) is 0 Å². The first-order valence-corrected chi connectivity index (χ1v) is 6.04. The van der Waals surface area contributed by atoms with E-state index in [1.165, 1.54) is 12.8 Å². The van der Waals surface area contributed by atoms with Crippen molar-refractivity contribution in [1.29, 1.82) is 0 Å². The molecule has 2 rings (SSSR count). The van der Waals surface area contributed by atoms with E-state index in [0.717, 1.165) is 30.4 Å². The third-order valence-corrected chi connectivity index (χ3v) is 3.81. The Hall–Kier alpha value is -1.09. The zero-order valence-electron chi connectivity index (χ0n) is 10.2. The van der Waals surface area contributed by atoms with Gasteiger partial charge in [0, 0.05) is 19.3 Å². The number of hydrogen-bond acceptors (Lipinski definition) is 3. The third-order valence-electron chi connectivity index (χ3n) is 3.81. The van der Waals surface area contributed by atoms with Crippen LogP contribution in [0.3, 0.4) is 0 Å². The number of nitrogen functional groups attached to an aromatic ring is 1. The summed E-state index contributed by atoms with van der Waals surface area (Å²) in [6, 6.07) is 3.77. The third kappa shape index (κ3) is 2.35. The topological polar surface area (TPSA) is 50.9 Å². The van der Waals surface area contributed by atoms with Gasteiger partial charge in [0.1, 0.15) is 0 Å². The van der Waals surface area contributed by atoms with Gasteiger partial charge in [0.25, 0.3) is 0 Å². The average Bonchev–Trinajstić information content (AvgIpc) is 3.02. The molecule has 1 aliphatic rings. The predicted octanol–water partition coefficient (Wildman–Crippen LogP) is 2.19. The van der Waals surface area contributed by atoms with Crippen LogP contribution in [0.2, 0.25) is 0 Å². The lowest BCUT2D eigenvalue weighted by molar-refractivity contribution is 0.337. The number of nitrogens with one attached hydrogen (secondary N) is 1. The van der Waals surface area contributed by atoms with Crippen LogP contribution in [-0.4, -0.2) is 11.5 Å². The summed E-state index contributed by atoms with van der Waals surface area (Å²) in [6.07, 6.45) is 4.51. The Bertz CT molecular complexity index is 356. The smallest absolute Gasteiger partial charge is 0.0770 e. The van der Waals surface area contributed by atoms with E-state index in [1.807, 2.05) is 12.1 Å². The molecule has 0 bridgehead atoms. The highest BCUT2D eigenvalue weighted by atomic mass is 14.9. The van der Waals surface area contributed by atoms with E-state index in [2.05, 4.69) is 24.1 Å². The highest BCUT2D eigenvalue weighted by Crippen LogP contribution is 2.51. The minimum atomic E-state index is 0.545. The molecule has 3 N–H and O–H groups in total. The fourth-order valence-corrected chi connectivity index (χ4v) is 2.15. The maximum atomic E-state index is 5.84. The molecule has 0 aliphatic heterocycles. The lowest BCUT2D eigenvalue weighted by atomic mass is 9.92. The summed E-state index contributed by atoms with van der Waals surface area (Å²) >= 11 is 0. The second-order valence-corrected chi connectivity index (χ2v) is 5.16. The van der Waals surface area contributed by atoms with Crippen molar-refractivity contribution in [3.63, 3.8) is 0 Å². The molecule has 0 unspecified atom stereocenters. The van der Waals surface area contributed by atoms with E-state index < -0.39 is 0 Å². The van der Waals surface area contributed by atoms with Gasteiger partial charge >= 0.3 is 0 Å². The van der Waals surface area contributed by atoms with Gasteiger partial charge in [-0.2, -0.15) is 0 Å². The van der Waals surface area contributed by atoms with Gasteiger partial charge in [-0.3, -0.25) is 4.98 Å². The Morgan fingerprint density at radius 3 is 2.81 bits per heavy atom. The number of pyridine rings is 1. The molecule has 88 valence electrons. The minimum Gasteiger partial charge on any atom is -0.397 e. The van der Waals surface area contributed by atoms with Gasteiger partial charge in [0.15, 0.2) is 0 Å². The number of aromatic nitrogens is 1. The fraction of sp³-hybridized carbons (Fsp3) is 0.615. The van der Waals surface area contributed by atoms with Crippen molar-refractivity contribution in [2.45, 2.75) is 33.2 Å². The van der Waals surface area contributed by atoms with Gasteiger partial charge in [-0.05, 0) is 36.3 Å². The molecule has 0 atom stereocenters. The molecule has 1 aromatic heterocycles. The minimum absolute atomic E-state index is 0.545. The van der Waals surface area contributed by atoms with E-state index >= 15 is 0 Å². The van der Waals surface area contributed by atoms with Crippen LogP contribution >= 0.6 is 0 Å². The number of nitrogens with zero attached hydrogens (tertiary/aromatic N) is 1. The largest absolute Gasteiger partial charge is 0.397 e. The summed E-state index contributed by atoms with van der Waals surface area (Å²) in [5, 5.41) is 3.48. The van der Waals surface area contributed by atoms with Crippen LogP contribution in [0.25, 0.3) is 0 Å². The highest BCUT2D eigenvalue weighted by molar-refractivity contribution is 5.41. The second-order valence-electron chi connectivity index (χ2n) is 5.16. The van der Waals surface area contributed by atoms with Gasteiger partial charge in [-0.1, -0.05) is 13.8 Å². The van der Waals surface area contributed by atoms with Crippen molar-refractivity contribution in [3.8, 4) is 0 Å². The molecule has 3 heteroatoms. The number of nitrogens with two attached hydrogens (primary N) is 1. The zero-order chi connectivity index (χ0) is 11.6. The Morgan fingerprint density at radius 2 is 2.25 bits per heavy atom. The number of anilines is 1. The van der Waals surface area contributed by atoms with E-state index in [1.54, 1.807) is 6.20 Å². The molecule has 1 heterocycles. The van der Waals surface area contributed by atoms with Crippen molar-refractivity contribution < 1.29 is 0 Å². The first kappa shape index (κ1) is 11.4. The molecule has 16 heavy (non-hydrogen) atoms. The summed E-state index contributed by atoms with van der Waals surface area (Å²) in [7, 11) is 0. The maximum Gasteiger partial charge on any atom is 0.0770 e. The zero-order valence-corrected chi connectivity index (χ0v) is 10.2. The maximum absolute atomic E-state index is 5.84. The molecule has 0 radical (unpaired) electrons. The molecule has 1 saturated carbocycles. The molecule has 1 aliphatic carbocycles.